The average molecular weight is 681 g/mol. The Morgan fingerprint density at radius 2 is 1.00 bits per heavy atom. The number of rotatable bonds is 4. The Morgan fingerprint density at radius 3 is 1.87 bits per heavy atom. The van der Waals surface area contributed by atoms with Crippen LogP contribution in [0.2, 0.25) is 0 Å². The third-order valence-corrected chi connectivity index (χ3v) is 11.3. The van der Waals surface area contributed by atoms with Crippen molar-refractivity contribution in [3.63, 3.8) is 0 Å². The van der Waals surface area contributed by atoms with Crippen LogP contribution >= 0.6 is 11.3 Å². The van der Waals surface area contributed by atoms with E-state index in [0.29, 0.717) is 17.5 Å². The molecule has 0 fully saturated rings. The molecule has 0 aliphatic heterocycles. The molecule has 0 N–H and O–H groups in total. The van der Waals surface area contributed by atoms with Gasteiger partial charge in [-0.2, -0.15) is 0 Å². The first kappa shape index (κ1) is 29.1. The minimum atomic E-state index is 0.637. The SMILES string of the molecule is c1cc(-c2nc(-c3ccc4c(c3)sc3ccccc34)nc(-c3cccc4ccccc34)n2)cc(-n2c3ccccc3c3cc4ccccc4cc32)c1. The minimum absolute atomic E-state index is 0.637. The Bertz CT molecular complexity index is 3200. The zero-order chi connectivity index (χ0) is 34.2. The molecule has 0 spiro atoms. The molecule has 0 unspecified atom stereocenters. The maximum atomic E-state index is 5.21. The number of nitrogens with zero attached hydrogens (tertiary/aromatic N) is 4. The summed E-state index contributed by atoms with van der Waals surface area (Å²) in [7, 11) is 0. The topological polar surface area (TPSA) is 43.6 Å². The summed E-state index contributed by atoms with van der Waals surface area (Å²) < 4.78 is 4.86. The molecule has 0 aliphatic carbocycles. The van der Waals surface area contributed by atoms with Crippen LogP contribution in [0.4, 0.5) is 0 Å². The molecule has 0 saturated heterocycles. The highest BCUT2D eigenvalue weighted by atomic mass is 32.1. The number of fused-ring (bicyclic) bond motifs is 8. The third kappa shape index (κ3) is 4.57. The highest BCUT2D eigenvalue weighted by Gasteiger charge is 2.18. The van der Waals surface area contributed by atoms with E-state index in [2.05, 4.69) is 174 Å². The van der Waals surface area contributed by atoms with Crippen LogP contribution in [0.15, 0.2) is 170 Å². The fourth-order valence-corrected chi connectivity index (χ4v) is 8.90. The minimum Gasteiger partial charge on any atom is -0.309 e. The van der Waals surface area contributed by atoms with E-state index in [1.54, 1.807) is 11.3 Å². The van der Waals surface area contributed by atoms with E-state index in [4.69, 9.17) is 15.0 Å². The lowest BCUT2D eigenvalue weighted by atomic mass is 10.0. The first-order valence-electron chi connectivity index (χ1n) is 17.4. The second kappa shape index (κ2) is 11.4. The fourth-order valence-electron chi connectivity index (χ4n) is 7.76. The lowest BCUT2D eigenvalue weighted by Gasteiger charge is -2.12. The number of aromatic nitrogens is 4. The van der Waals surface area contributed by atoms with Gasteiger partial charge < -0.3 is 4.57 Å². The highest BCUT2D eigenvalue weighted by molar-refractivity contribution is 7.25. The van der Waals surface area contributed by atoms with Crippen LogP contribution in [0.3, 0.4) is 0 Å². The Morgan fingerprint density at radius 1 is 0.365 bits per heavy atom. The molecule has 3 heterocycles. The number of hydrogen-bond donors (Lipinski definition) is 0. The summed E-state index contributed by atoms with van der Waals surface area (Å²) in [6, 6.07) is 60.4. The predicted molar refractivity (Wildman–Crippen MR) is 218 cm³/mol. The number of benzene rings is 8. The van der Waals surface area contributed by atoms with Crippen LogP contribution in [-0.2, 0) is 0 Å². The van der Waals surface area contributed by atoms with Gasteiger partial charge in [-0.15, -0.1) is 11.3 Å². The van der Waals surface area contributed by atoms with Crippen molar-refractivity contribution in [1.29, 1.82) is 0 Å². The van der Waals surface area contributed by atoms with Crippen molar-refractivity contribution >= 4 is 74.9 Å². The van der Waals surface area contributed by atoms with E-state index in [0.717, 1.165) is 38.7 Å². The van der Waals surface area contributed by atoms with Gasteiger partial charge in [-0.1, -0.05) is 127 Å². The molecule has 0 atom stereocenters. The van der Waals surface area contributed by atoms with Gasteiger partial charge in [0.25, 0.3) is 0 Å². The van der Waals surface area contributed by atoms with Crippen LogP contribution in [0, 0.1) is 0 Å². The molecule has 0 aliphatic rings. The number of hydrogen-bond acceptors (Lipinski definition) is 4. The molecule has 4 nitrogen and oxygen atoms in total. The lowest BCUT2D eigenvalue weighted by Crippen LogP contribution is -2.01. The van der Waals surface area contributed by atoms with Gasteiger partial charge in [0.05, 0.1) is 11.0 Å². The summed E-state index contributed by atoms with van der Waals surface area (Å²) in [5.41, 5.74) is 6.26. The van der Waals surface area contributed by atoms with Crippen molar-refractivity contribution in [2.24, 2.45) is 0 Å². The van der Waals surface area contributed by atoms with Crippen LogP contribution < -0.4 is 0 Å². The fraction of sp³-hybridized carbons (Fsp3) is 0. The summed E-state index contributed by atoms with van der Waals surface area (Å²) in [6.45, 7) is 0. The molecule has 11 aromatic rings. The third-order valence-electron chi connectivity index (χ3n) is 10.2. The molecule has 0 bridgehead atoms. The van der Waals surface area contributed by atoms with Crippen molar-refractivity contribution in [1.82, 2.24) is 19.5 Å². The normalized spacial score (nSPS) is 11.8. The summed E-state index contributed by atoms with van der Waals surface area (Å²) in [6.07, 6.45) is 0. The Kier molecular flexibility index (Phi) is 6.39. The van der Waals surface area contributed by atoms with E-state index in [1.165, 1.54) is 47.2 Å². The van der Waals surface area contributed by atoms with Gasteiger partial charge in [-0.3, -0.25) is 0 Å². The van der Waals surface area contributed by atoms with E-state index in [1.807, 2.05) is 0 Å². The molecule has 0 amide bonds. The second-order valence-corrected chi connectivity index (χ2v) is 14.3. The van der Waals surface area contributed by atoms with Gasteiger partial charge in [0.1, 0.15) is 0 Å². The Labute approximate surface area is 302 Å². The van der Waals surface area contributed by atoms with Crippen LogP contribution in [0.1, 0.15) is 0 Å². The van der Waals surface area contributed by atoms with E-state index in [9.17, 15) is 0 Å². The van der Waals surface area contributed by atoms with Gasteiger partial charge >= 0.3 is 0 Å². The zero-order valence-electron chi connectivity index (χ0n) is 27.9. The number of thiophene rings is 1. The largest absolute Gasteiger partial charge is 0.309 e. The Balaban J connectivity index is 1.13. The average Bonchev–Trinajstić information content (AvgIpc) is 3.74. The predicted octanol–water partition coefficient (Wildman–Crippen LogP) is 12.6. The van der Waals surface area contributed by atoms with Crippen molar-refractivity contribution in [2.45, 2.75) is 0 Å². The first-order valence-corrected chi connectivity index (χ1v) is 18.3. The van der Waals surface area contributed by atoms with Crippen molar-refractivity contribution in [2.75, 3.05) is 0 Å². The van der Waals surface area contributed by atoms with Crippen LogP contribution in [0.5, 0.6) is 0 Å². The molecular formula is C47H28N4S. The maximum Gasteiger partial charge on any atom is 0.164 e. The van der Waals surface area contributed by atoms with Crippen LogP contribution in [0.25, 0.3) is 103 Å². The van der Waals surface area contributed by atoms with Gasteiger partial charge in [-0.25, -0.2) is 15.0 Å². The molecule has 3 aromatic heterocycles. The highest BCUT2D eigenvalue weighted by Crippen LogP contribution is 2.38. The van der Waals surface area contributed by atoms with E-state index < -0.39 is 0 Å². The monoisotopic (exact) mass is 680 g/mol. The van der Waals surface area contributed by atoms with Gasteiger partial charge in [0, 0.05) is 53.3 Å². The van der Waals surface area contributed by atoms with Crippen molar-refractivity contribution in [3.05, 3.63) is 170 Å². The molecule has 52 heavy (non-hydrogen) atoms. The Hall–Kier alpha value is -6.69. The van der Waals surface area contributed by atoms with Gasteiger partial charge in [0.2, 0.25) is 0 Å². The lowest BCUT2D eigenvalue weighted by molar-refractivity contribution is 1.07. The summed E-state index contributed by atoms with van der Waals surface area (Å²) in [5.74, 6) is 1.94. The standard InChI is InChI=1S/C47H28N4S/c1-2-13-31-27-42-40(26-30(31)12-1)36-18-5-7-21-41(36)51(42)34-16-9-15-32(25-34)45-48-46(33-23-24-38-37-19-6-8-22-43(37)52-44(38)28-33)50-47(49-45)39-20-10-14-29-11-3-4-17-35(29)39/h1-28H. The molecular weight excluding hydrogens is 653 g/mol. The smallest absolute Gasteiger partial charge is 0.164 e. The van der Waals surface area contributed by atoms with Gasteiger partial charge in [0.15, 0.2) is 17.5 Å². The molecule has 0 radical (unpaired) electrons. The van der Waals surface area contributed by atoms with Crippen molar-refractivity contribution in [3.8, 4) is 39.9 Å². The summed E-state index contributed by atoms with van der Waals surface area (Å²) in [5, 5.41) is 9.70. The summed E-state index contributed by atoms with van der Waals surface area (Å²) in [4.78, 5) is 15.6. The first-order chi connectivity index (χ1) is 25.7. The molecule has 242 valence electrons. The molecule has 11 rings (SSSR count). The van der Waals surface area contributed by atoms with E-state index >= 15 is 0 Å². The van der Waals surface area contributed by atoms with Gasteiger partial charge in [-0.05, 0) is 64.0 Å². The number of para-hydroxylation sites is 1. The molecule has 8 aromatic carbocycles. The summed E-state index contributed by atoms with van der Waals surface area (Å²) >= 11 is 1.80. The molecule has 5 heteroatoms. The van der Waals surface area contributed by atoms with Crippen LogP contribution in [-0.4, -0.2) is 19.5 Å². The van der Waals surface area contributed by atoms with Crippen molar-refractivity contribution < 1.29 is 0 Å². The zero-order valence-corrected chi connectivity index (χ0v) is 28.7. The second-order valence-electron chi connectivity index (χ2n) is 13.3. The molecule has 0 saturated carbocycles. The maximum absolute atomic E-state index is 5.21. The quantitative estimate of drug-likeness (QED) is 0.186. The van der Waals surface area contributed by atoms with E-state index in [-0.39, 0.29) is 0 Å².